The van der Waals surface area contributed by atoms with Gasteiger partial charge in [0, 0.05) is 22.2 Å². The van der Waals surface area contributed by atoms with Crippen molar-refractivity contribution in [3.63, 3.8) is 0 Å². The summed E-state index contributed by atoms with van der Waals surface area (Å²) in [6.45, 7) is 3.26. The minimum absolute atomic E-state index is 0.0102. The zero-order valence-electron chi connectivity index (χ0n) is 18.6. The number of carbonyl (C=O) groups is 2. The van der Waals surface area contributed by atoms with Gasteiger partial charge in [-0.05, 0) is 60.2 Å². The van der Waals surface area contributed by atoms with E-state index in [0.717, 1.165) is 12.1 Å². The minimum Gasteiger partial charge on any atom is -0.326 e. The molecule has 3 aromatic rings. The van der Waals surface area contributed by atoms with Gasteiger partial charge in [0.25, 0.3) is 5.91 Å². The fourth-order valence-electron chi connectivity index (χ4n) is 3.92. The number of carbonyl (C=O) groups excluding carboxylic acids is 2. The van der Waals surface area contributed by atoms with Gasteiger partial charge in [-0.2, -0.15) is 5.26 Å². The largest absolute Gasteiger partial charge is 0.326 e. The van der Waals surface area contributed by atoms with Crippen LogP contribution in [0.25, 0.3) is 5.83 Å². The summed E-state index contributed by atoms with van der Waals surface area (Å²) in [5, 5.41) is 14.7. The maximum absolute atomic E-state index is 13.7. The minimum atomic E-state index is -1.48. The summed E-state index contributed by atoms with van der Waals surface area (Å²) in [4.78, 5) is 25.9. The number of rotatable bonds is 6. The molecule has 0 aromatic heterocycles. The number of amides is 2. The van der Waals surface area contributed by atoms with Gasteiger partial charge in [0.2, 0.25) is 5.91 Å². The number of nitrogens with one attached hydrogen (secondary N) is 2. The van der Waals surface area contributed by atoms with Gasteiger partial charge in [-0.3, -0.25) is 9.59 Å². The highest BCUT2D eigenvalue weighted by Crippen LogP contribution is 2.65. The Morgan fingerprint density at radius 2 is 1.76 bits per heavy atom. The predicted molar refractivity (Wildman–Crippen MR) is 141 cm³/mol. The summed E-state index contributed by atoms with van der Waals surface area (Å²) in [6, 6.07) is 13.7. The highest BCUT2D eigenvalue weighted by Gasteiger charge is 2.67. The number of nitriles is 1. The molecule has 1 aliphatic rings. The third kappa shape index (κ3) is 5.58. The van der Waals surface area contributed by atoms with Crippen molar-refractivity contribution < 1.29 is 18.4 Å². The van der Waals surface area contributed by atoms with Crippen LogP contribution in [0.15, 0.2) is 61.2 Å². The molecule has 0 bridgehead atoms. The molecule has 3 aromatic carbocycles. The van der Waals surface area contributed by atoms with Crippen molar-refractivity contribution in [2.24, 2.45) is 5.92 Å². The molecule has 0 saturated heterocycles. The molecule has 2 atom stereocenters. The van der Waals surface area contributed by atoms with Crippen LogP contribution in [0.5, 0.6) is 0 Å². The molecular weight excluding hydrogens is 566 g/mol. The zero-order chi connectivity index (χ0) is 27.1. The Morgan fingerprint density at radius 1 is 1.03 bits per heavy atom. The monoisotopic (exact) mass is 579 g/mol. The Hall–Kier alpha value is -3.15. The smallest absolute Gasteiger partial charge is 0.257 e. The first-order valence-corrected chi connectivity index (χ1v) is 12.1. The third-order valence-corrected chi connectivity index (χ3v) is 7.25. The molecule has 1 aliphatic carbocycles. The Bertz CT molecular complexity index is 1500. The number of anilines is 2. The molecule has 1 saturated carbocycles. The normalized spacial score (nSPS) is 17.4. The van der Waals surface area contributed by atoms with Gasteiger partial charge in [0.05, 0.1) is 27.8 Å². The molecule has 11 heteroatoms. The highest BCUT2D eigenvalue weighted by molar-refractivity contribution is 6.53. The Balaban J connectivity index is 1.54. The van der Waals surface area contributed by atoms with E-state index in [2.05, 4.69) is 17.2 Å². The Labute approximate surface area is 230 Å². The number of nitrogens with zero attached hydrogens (tertiary/aromatic N) is 1. The summed E-state index contributed by atoms with van der Waals surface area (Å²) in [7, 11) is 0. The molecule has 4 rings (SSSR count). The zero-order valence-corrected chi connectivity index (χ0v) is 21.6. The summed E-state index contributed by atoms with van der Waals surface area (Å²) in [6.07, 6.45) is 0. The number of hydrogen-bond donors (Lipinski definition) is 2. The SMILES string of the molecule is C=C(F)c1cc(Cl)cc(C2C(C(=O)Nc3ccc(Cl)c(C(=O)Nc4ccc(F)cc4C#N)c3)C2(Cl)Cl)c1. The average Bonchev–Trinajstić information content (AvgIpc) is 3.42. The van der Waals surface area contributed by atoms with Crippen LogP contribution in [-0.4, -0.2) is 16.1 Å². The lowest BCUT2D eigenvalue weighted by molar-refractivity contribution is -0.117. The quantitative estimate of drug-likeness (QED) is 0.293. The molecule has 5 nitrogen and oxygen atoms in total. The predicted octanol–water partition coefficient (Wildman–Crippen LogP) is 7.72. The number of hydrogen-bond acceptors (Lipinski definition) is 3. The van der Waals surface area contributed by atoms with Crippen molar-refractivity contribution in [2.75, 3.05) is 10.6 Å². The van der Waals surface area contributed by atoms with Crippen LogP contribution in [0.1, 0.15) is 33.0 Å². The lowest BCUT2D eigenvalue weighted by atomic mass is 10.0. The van der Waals surface area contributed by atoms with Crippen LogP contribution in [0.3, 0.4) is 0 Å². The van der Waals surface area contributed by atoms with E-state index in [-0.39, 0.29) is 38.1 Å². The number of alkyl halides is 2. The van der Waals surface area contributed by atoms with E-state index in [4.69, 9.17) is 46.4 Å². The standard InChI is InChI=1S/C26H15Cl4F2N3O2/c1-12(31)13-6-14(8-16(27)7-13)22-23(26(22,29)30)25(37)34-18-3-4-20(28)19(10-18)24(36)35-21-5-2-17(32)9-15(21)11-33/h2-10,22-23H,1H2,(H,34,37)(H,35,36). The Kier molecular flexibility index (Phi) is 7.50. The lowest BCUT2D eigenvalue weighted by Crippen LogP contribution is -2.18. The summed E-state index contributed by atoms with van der Waals surface area (Å²) < 4.78 is 25.6. The van der Waals surface area contributed by atoms with E-state index >= 15 is 0 Å². The van der Waals surface area contributed by atoms with Gasteiger partial charge in [-0.1, -0.05) is 29.8 Å². The van der Waals surface area contributed by atoms with Gasteiger partial charge in [0.1, 0.15) is 22.0 Å². The molecule has 2 unspecified atom stereocenters. The molecule has 0 aliphatic heterocycles. The number of halogens is 6. The van der Waals surface area contributed by atoms with Crippen LogP contribution in [-0.2, 0) is 4.79 Å². The molecule has 0 spiro atoms. The molecule has 2 N–H and O–H groups in total. The molecule has 1 fully saturated rings. The van der Waals surface area contributed by atoms with E-state index in [1.165, 1.54) is 36.4 Å². The first-order valence-electron chi connectivity index (χ1n) is 10.6. The summed E-state index contributed by atoms with van der Waals surface area (Å²) >= 11 is 25.1. The summed E-state index contributed by atoms with van der Waals surface area (Å²) in [5.41, 5.74) is 0.838. The van der Waals surface area contributed by atoms with Gasteiger partial charge < -0.3 is 10.6 Å². The van der Waals surface area contributed by atoms with E-state index in [9.17, 15) is 23.6 Å². The second kappa shape index (κ2) is 10.3. The second-order valence-corrected chi connectivity index (χ2v) is 10.5. The van der Waals surface area contributed by atoms with Crippen LogP contribution >= 0.6 is 46.4 Å². The number of benzene rings is 3. The van der Waals surface area contributed by atoms with Gasteiger partial charge >= 0.3 is 0 Å². The van der Waals surface area contributed by atoms with E-state index in [0.29, 0.717) is 5.56 Å². The van der Waals surface area contributed by atoms with Crippen molar-refractivity contribution in [2.45, 2.75) is 10.3 Å². The van der Waals surface area contributed by atoms with Crippen molar-refractivity contribution in [1.82, 2.24) is 0 Å². The van der Waals surface area contributed by atoms with E-state index in [1.54, 1.807) is 12.1 Å². The molecule has 188 valence electrons. The van der Waals surface area contributed by atoms with Crippen LogP contribution < -0.4 is 10.6 Å². The average molecular weight is 581 g/mol. The molecule has 0 heterocycles. The van der Waals surface area contributed by atoms with Crippen molar-refractivity contribution in [1.29, 1.82) is 5.26 Å². The van der Waals surface area contributed by atoms with Crippen LogP contribution in [0.4, 0.5) is 20.2 Å². The van der Waals surface area contributed by atoms with Gasteiger partial charge in [-0.15, -0.1) is 23.2 Å². The van der Waals surface area contributed by atoms with Crippen molar-refractivity contribution in [3.05, 3.63) is 99.3 Å². The van der Waals surface area contributed by atoms with Crippen LogP contribution in [0, 0.1) is 23.1 Å². The summed E-state index contributed by atoms with van der Waals surface area (Å²) in [5.74, 6) is -4.14. The third-order valence-electron chi connectivity index (χ3n) is 5.76. The van der Waals surface area contributed by atoms with E-state index in [1.807, 2.05) is 0 Å². The maximum atomic E-state index is 13.7. The highest BCUT2D eigenvalue weighted by atomic mass is 35.5. The first-order chi connectivity index (χ1) is 17.4. The van der Waals surface area contributed by atoms with E-state index < -0.39 is 39.6 Å². The molecular formula is C26H15Cl4F2N3O2. The fourth-order valence-corrected chi connectivity index (χ4v) is 5.20. The molecule has 0 radical (unpaired) electrons. The maximum Gasteiger partial charge on any atom is 0.257 e. The van der Waals surface area contributed by atoms with Crippen molar-refractivity contribution in [3.8, 4) is 6.07 Å². The Morgan fingerprint density at radius 3 is 2.43 bits per heavy atom. The molecule has 37 heavy (non-hydrogen) atoms. The van der Waals surface area contributed by atoms with Gasteiger partial charge in [0.15, 0.2) is 0 Å². The first kappa shape index (κ1) is 26.9. The lowest BCUT2D eigenvalue weighted by Gasteiger charge is -2.11. The fraction of sp³-hybridized carbons (Fsp3) is 0.115. The van der Waals surface area contributed by atoms with Crippen molar-refractivity contribution >= 4 is 75.4 Å². The second-order valence-electron chi connectivity index (χ2n) is 8.25. The molecule has 2 amide bonds. The van der Waals surface area contributed by atoms with Crippen LogP contribution in [0.2, 0.25) is 10.0 Å². The van der Waals surface area contributed by atoms with Gasteiger partial charge in [-0.25, -0.2) is 8.78 Å². The topological polar surface area (TPSA) is 82.0 Å².